The molecule has 2 aromatic carbocycles. The minimum absolute atomic E-state index is 0.159. The van der Waals surface area contributed by atoms with Crippen LogP contribution in [0.1, 0.15) is 12.5 Å². The highest BCUT2D eigenvalue weighted by Crippen LogP contribution is 2.18. The monoisotopic (exact) mass is 445 g/mol. The van der Waals surface area contributed by atoms with Gasteiger partial charge in [0.05, 0.1) is 6.61 Å². The van der Waals surface area contributed by atoms with Crippen LogP contribution in [0, 0.1) is 0 Å². The molecule has 0 saturated carbocycles. The quantitative estimate of drug-likeness (QED) is 0.465. The molecule has 0 unspecified atom stereocenters. The largest absolute Gasteiger partial charge is 0.494 e. The molecule has 0 atom stereocenters. The molecule has 4 rings (SSSR count). The van der Waals surface area contributed by atoms with E-state index in [0.717, 1.165) is 15.7 Å². The number of amides is 1. The summed E-state index contributed by atoms with van der Waals surface area (Å²) in [6.45, 7) is 2.17. The topological polar surface area (TPSA) is 108 Å². The summed E-state index contributed by atoms with van der Waals surface area (Å²) < 4.78 is 7.70. The van der Waals surface area contributed by atoms with Crippen LogP contribution < -0.4 is 21.3 Å². The molecular weight excluding hydrogens is 422 g/mol. The molecule has 1 N–H and O–H groups in total. The van der Waals surface area contributed by atoms with Crippen molar-refractivity contribution in [3.05, 3.63) is 87.2 Å². The van der Waals surface area contributed by atoms with Gasteiger partial charge in [0.25, 0.3) is 5.56 Å². The Morgan fingerprint density at radius 2 is 1.79 bits per heavy atom. The fraction of sp³-hybridized carbons (Fsp3) is 0.208. The second-order valence-corrected chi connectivity index (χ2v) is 7.35. The summed E-state index contributed by atoms with van der Waals surface area (Å²) in [4.78, 5) is 47.1. The third-order valence-electron chi connectivity index (χ3n) is 5.16. The van der Waals surface area contributed by atoms with Crippen molar-refractivity contribution in [2.75, 3.05) is 6.61 Å². The molecule has 168 valence electrons. The lowest BCUT2D eigenvalue weighted by Crippen LogP contribution is -2.43. The number of hydrogen-bond acceptors (Lipinski definition) is 6. The van der Waals surface area contributed by atoms with Crippen LogP contribution in [0.5, 0.6) is 5.75 Å². The van der Waals surface area contributed by atoms with E-state index >= 15 is 0 Å². The van der Waals surface area contributed by atoms with E-state index in [4.69, 9.17) is 4.74 Å². The third kappa shape index (κ3) is 4.52. The molecule has 2 aromatic heterocycles. The minimum atomic E-state index is -0.630. The van der Waals surface area contributed by atoms with Crippen LogP contribution in [-0.2, 0) is 24.9 Å². The van der Waals surface area contributed by atoms with E-state index in [9.17, 15) is 14.4 Å². The zero-order valence-corrected chi connectivity index (χ0v) is 18.3. The number of carbonyl (C=O) groups is 1. The highest BCUT2D eigenvalue weighted by atomic mass is 16.5. The first-order valence-corrected chi connectivity index (χ1v) is 10.5. The first-order chi connectivity index (χ1) is 16.0. The number of aryl methyl sites for hydroxylation is 1. The lowest BCUT2D eigenvalue weighted by Gasteiger charge is -2.13. The number of nitrogens with zero attached hydrogens (tertiary/aromatic N) is 4. The number of nitrogens with one attached hydrogen (secondary N) is 1. The summed E-state index contributed by atoms with van der Waals surface area (Å²) in [5.74, 6) is 0.605. The van der Waals surface area contributed by atoms with Gasteiger partial charge in [0.2, 0.25) is 5.91 Å². The third-order valence-corrected chi connectivity index (χ3v) is 5.16. The number of aromatic nitrogens is 4. The summed E-state index contributed by atoms with van der Waals surface area (Å²) in [6.07, 6.45) is 1.39. The molecule has 9 heteroatoms. The molecule has 0 fully saturated rings. The van der Waals surface area contributed by atoms with Gasteiger partial charge in [0.15, 0.2) is 11.5 Å². The molecule has 4 aromatic rings. The highest BCUT2D eigenvalue weighted by molar-refractivity contribution is 5.78. The predicted molar refractivity (Wildman–Crippen MR) is 124 cm³/mol. The molecule has 0 radical (unpaired) electrons. The molecule has 33 heavy (non-hydrogen) atoms. The van der Waals surface area contributed by atoms with Crippen LogP contribution in [0.25, 0.3) is 22.4 Å². The average Bonchev–Trinajstić information content (AvgIpc) is 2.85. The van der Waals surface area contributed by atoms with Gasteiger partial charge in [0, 0.05) is 30.9 Å². The molecular formula is C24H23N5O4. The van der Waals surface area contributed by atoms with E-state index in [2.05, 4.69) is 15.3 Å². The summed E-state index contributed by atoms with van der Waals surface area (Å²) in [6, 6.07) is 16.6. The van der Waals surface area contributed by atoms with Gasteiger partial charge < -0.3 is 10.1 Å². The van der Waals surface area contributed by atoms with Crippen molar-refractivity contribution in [3.8, 4) is 17.1 Å². The second-order valence-electron chi connectivity index (χ2n) is 7.35. The van der Waals surface area contributed by atoms with Crippen molar-refractivity contribution in [2.24, 2.45) is 7.05 Å². The van der Waals surface area contributed by atoms with Gasteiger partial charge in [-0.05, 0) is 13.0 Å². The Kier molecular flexibility index (Phi) is 6.30. The lowest BCUT2D eigenvalue weighted by atomic mass is 10.2. The van der Waals surface area contributed by atoms with Gasteiger partial charge in [0.1, 0.15) is 17.7 Å². The summed E-state index contributed by atoms with van der Waals surface area (Å²) in [5, 5.41) is 2.90. The predicted octanol–water partition coefficient (Wildman–Crippen LogP) is 1.87. The van der Waals surface area contributed by atoms with Gasteiger partial charge in [-0.25, -0.2) is 14.8 Å². The number of rotatable bonds is 7. The Morgan fingerprint density at radius 1 is 1.06 bits per heavy atom. The lowest BCUT2D eigenvalue weighted by molar-refractivity contribution is -0.121. The maximum atomic E-state index is 13.0. The molecule has 0 aliphatic heterocycles. The van der Waals surface area contributed by atoms with Gasteiger partial charge in [-0.1, -0.05) is 48.5 Å². The van der Waals surface area contributed by atoms with Crippen LogP contribution in [-0.4, -0.2) is 31.6 Å². The van der Waals surface area contributed by atoms with E-state index < -0.39 is 23.7 Å². The smallest absolute Gasteiger partial charge is 0.332 e. The van der Waals surface area contributed by atoms with Gasteiger partial charge in [-0.3, -0.25) is 18.7 Å². The molecule has 1 amide bonds. The summed E-state index contributed by atoms with van der Waals surface area (Å²) in [5.41, 5.74) is 0.532. The standard InChI is InChI=1S/C24H23N5O4/c1-3-33-19-12-8-7-11-17(19)13-25-20(30)15-29-23(31)18-14-26-21(16-9-5-4-6-10-16)27-22(18)28(2)24(29)32/h4-12,14H,3,13,15H2,1-2H3,(H,25,30). The zero-order valence-electron chi connectivity index (χ0n) is 18.3. The maximum absolute atomic E-state index is 13.0. The van der Waals surface area contributed by atoms with Crippen molar-refractivity contribution >= 4 is 16.9 Å². The molecule has 0 spiro atoms. The van der Waals surface area contributed by atoms with E-state index in [1.54, 1.807) is 0 Å². The maximum Gasteiger partial charge on any atom is 0.332 e. The fourth-order valence-corrected chi connectivity index (χ4v) is 3.49. The number of benzene rings is 2. The van der Waals surface area contributed by atoms with Crippen molar-refractivity contribution < 1.29 is 9.53 Å². The summed E-state index contributed by atoms with van der Waals surface area (Å²) >= 11 is 0. The molecule has 0 bridgehead atoms. The first-order valence-electron chi connectivity index (χ1n) is 10.5. The molecule has 0 aliphatic carbocycles. The van der Waals surface area contributed by atoms with E-state index in [1.165, 1.54) is 17.8 Å². The van der Waals surface area contributed by atoms with Gasteiger partial charge in [-0.2, -0.15) is 0 Å². The zero-order chi connectivity index (χ0) is 23.4. The minimum Gasteiger partial charge on any atom is -0.494 e. The molecule has 0 aliphatic rings. The Bertz CT molecular complexity index is 1430. The van der Waals surface area contributed by atoms with Gasteiger partial charge >= 0.3 is 5.69 Å². The highest BCUT2D eigenvalue weighted by Gasteiger charge is 2.16. The van der Waals surface area contributed by atoms with Crippen molar-refractivity contribution in [1.29, 1.82) is 0 Å². The van der Waals surface area contributed by atoms with E-state index in [1.807, 2.05) is 61.5 Å². The van der Waals surface area contributed by atoms with Gasteiger partial charge in [-0.15, -0.1) is 0 Å². The van der Waals surface area contributed by atoms with Crippen molar-refractivity contribution in [3.63, 3.8) is 0 Å². The first kappa shape index (κ1) is 21.9. The second kappa shape index (κ2) is 9.47. The fourth-order valence-electron chi connectivity index (χ4n) is 3.49. The van der Waals surface area contributed by atoms with Crippen molar-refractivity contribution in [2.45, 2.75) is 20.0 Å². The van der Waals surface area contributed by atoms with Crippen LogP contribution in [0.2, 0.25) is 0 Å². The van der Waals surface area contributed by atoms with E-state index in [-0.39, 0.29) is 17.6 Å². The Balaban J connectivity index is 1.60. The van der Waals surface area contributed by atoms with Crippen molar-refractivity contribution in [1.82, 2.24) is 24.4 Å². The molecule has 9 nitrogen and oxygen atoms in total. The molecule has 0 saturated heterocycles. The Labute approximate surface area is 189 Å². The van der Waals surface area contributed by atoms with Crippen LogP contribution >= 0.6 is 0 Å². The summed E-state index contributed by atoms with van der Waals surface area (Å²) in [7, 11) is 1.51. The number of fused-ring (bicyclic) bond motifs is 1. The van der Waals surface area contributed by atoms with Crippen LogP contribution in [0.3, 0.4) is 0 Å². The number of carbonyl (C=O) groups excluding carboxylic acids is 1. The number of para-hydroxylation sites is 1. The van der Waals surface area contributed by atoms with E-state index in [0.29, 0.717) is 18.2 Å². The number of hydrogen-bond donors (Lipinski definition) is 1. The normalized spacial score (nSPS) is 10.8. The van der Waals surface area contributed by atoms with Crippen LogP contribution in [0.4, 0.5) is 0 Å². The SMILES string of the molecule is CCOc1ccccc1CNC(=O)Cn1c(=O)c2cnc(-c3ccccc3)nc2n(C)c1=O. The Morgan fingerprint density at radius 3 is 2.55 bits per heavy atom. The number of ether oxygens (including phenoxy) is 1. The Hall–Kier alpha value is -4.27. The average molecular weight is 445 g/mol. The van der Waals surface area contributed by atoms with Crippen LogP contribution in [0.15, 0.2) is 70.4 Å². The molecule has 2 heterocycles.